The van der Waals surface area contributed by atoms with Crippen LogP contribution in [0.1, 0.15) is 32.3 Å². The first-order chi connectivity index (χ1) is 8.92. The molecule has 0 saturated carbocycles. The van der Waals surface area contributed by atoms with Gasteiger partial charge in [0, 0.05) is 16.6 Å². The predicted octanol–water partition coefficient (Wildman–Crippen LogP) is 3.71. The summed E-state index contributed by atoms with van der Waals surface area (Å²) in [4.78, 5) is 12.0. The van der Waals surface area contributed by atoms with Gasteiger partial charge in [-0.25, -0.2) is 0 Å². The largest absolute Gasteiger partial charge is 0.330 e. The highest BCUT2D eigenvalue weighted by atomic mass is 79.9. The molecule has 0 unspecified atom stereocenters. The van der Waals surface area contributed by atoms with Crippen LogP contribution >= 0.6 is 15.9 Å². The van der Waals surface area contributed by atoms with Gasteiger partial charge < -0.3 is 11.1 Å². The Morgan fingerprint density at radius 2 is 2.11 bits per heavy atom. The number of hydrogen-bond acceptors (Lipinski definition) is 2. The molecule has 0 spiro atoms. The third-order valence-electron chi connectivity index (χ3n) is 3.07. The van der Waals surface area contributed by atoms with Gasteiger partial charge in [0.15, 0.2) is 0 Å². The van der Waals surface area contributed by atoms with Crippen molar-refractivity contribution in [1.29, 1.82) is 0 Å². The SMILES string of the molecule is Cc1ccc(NC(=O)C[C@@H](CN)CC(C)C)cc1Br. The standard InChI is InChI=1S/C15H23BrN2O/c1-10(2)6-12(9-17)7-15(19)18-13-5-4-11(3)14(16)8-13/h4-5,8,10,12H,6-7,9,17H2,1-3H3,(H,18,19)/t12-/m0/s1. The number of amides is 1. The maximum absolute atomic E-state index is 12.0. The van der Waals surface area contributed by atoms with Crippen molar-refractivity contribution in [2.75, 3.05) is 11.9 Å². The maximum Gasteiger partial charge on any atom is 0.224 e. The lowest BCUT2D eigenvalue weighted by Crippen LogP contribution is -2.23. The highest BCUT2D eigenvalue weighted by Gasteiger charge is 2.14. The third kappa shape index (κ3) is 5.74. The minimum atomic E-state index is 0.0341. The molecule has 1 aromatic rings. The van der Waals surface area contributed by atoms with Crippen molar-refractivity contribution in [2.45, 2.75) is 33.6 Å². The molecule has 3 nitrogen and oxygen atoms in total. The van der Waals surface area contributed by atoms with Crippen LogP contribution in [-0.2, 0) is 4.79 Å². The molecule has 3 N–H and O–H groups in total. The summed E-state index contributed by atoms with van der Waals surface area (Å²) in [5.41, 5.74) is 7.69. The summed E-state index contributed by atoms with van der Waals surface area (Å²) in [5, 5.41) is 2.92. The van der Waals surface area contributed by atoms with Crippen molar-refractivity contribution in [3.63, 3.8) is 0 Å². The molecule has 0 aliphatic rings. The number of anilines is 1. The molecule has 0 radical (unpaired) electrons. The first kappa shape index (κ1) is 16.2. The molecule has 1 rings (SSSR count). The summed E-state index contributed by atoms with van der Waals surface area (Å²) in [7, 11) is 0. The fourth-order valence-electron chi connectivity index (χ4n) is 2.07. The molecule has 0 aromatic heterocycles. The summed E-state index contributed by atoms with van der Waals surface area (Å²) in [6.45, 7) is 6.88. The Morgan fingerprint density at radius 1 is 1.42 bits per heavy atom. The van der Waals surface area contributed by atoms with Gasteiger partial charge in [0.25, 0.3) is 0 Å². The van der Waals surface area contributed by atoms with E-state index in [-0.39, 0.29) is 11.8 Å². The summed E-state index contributed by atoms with van der Waals surface area (Å²) in [6, 6.07) is 5.82. The van der Waals surface area contributed by atoms with E-state index in [4.69, 9.17) is 5.73 Å². The fraction of sp³-hybridized carbons (Fsp3) is 0.533. The number of nitrogens with one attached hydrogen (secondary N) is 1. The molecular formula is C15H23BrN2O. The van der Waals surface area contributed by atoms with Gasteiger partial charge in [0.2, 0.25) is 5.91 Å². The zero-order chi connectivity index (χ0) is 14.4. The number of rotatable bonds is 6. The third-order valence-corrected chi connectivity index (χ3v) is 3.92. The number of halogens is 1. The molecule has 0 heterocycles. The average Bonchev–Trinajstić information content (AvgIpc) is 2.32. The van der Waals surface area contributed by atoms with E-state index in [0.29, 0.717) is 18.9 Å². The first-order valence-electron chi connectivity index (χ1n) is 6.68. The highest BCUT2D eigenvalue weighted by Crippen LogP contribution is 2.21. The van der Waals surface area contributed by atoms with Crippen LogP contribution in [0.4, 0.5) is 5.69 Å². The highest BCUT2D eigenvalue weighted by molar-refractivity contribution is 9.10. The van der Waals surface area contributed by atoms with Crippen LogP contribution in [-0.4, -0.2) is 12.5 Å². The van der Waals surface area contributed by atoms with Gasteiger partial charge in [-0.15, -0.1) is 0 Å². The molecule has 106 valence electrons. The quantitative estimate of drug-likeness (QED) is 0.837. The van der Waals surface area contributed by atoms with Crippen LogP contribution in [0.15, 0.2) is 22.7 Å². The zero-order valence-electron chi connectivity index (χ0n) is 11.9. The molecule has 0 aliphatic carbocycles. The fourth-order valence-corrected chi connectivity index (χ4v) is 2.45. The molecule has 19 heavy (non-hydrogen) atoms. The van der Waals surface area contributed by atoms with E-state index in [9.17, 15) is 4.79 Å². The molecular weight excluding hydrogens is 304 g/mol. The van der Waals surface area contributed by atoms with Crippen molar-refractivity contribution in [2.24, 2.45) is 17.6 Å². The monoisotopic (exact) mass is 326 g/mol. The molecule has 0 aliphatic heterocycles. The van der Waals surface area contributed by atoms with Gasteiger partial charge >= 0.3 is 0 Å². The summed E-state index contributed by atoms with van der Waals surface area (Å²) < 4.78 is 1.00. The summed E-state index contributed by atoms with van der Waals surface area (Å²) >= 11 is 3.46. The van der Waals surface area contributed by atoms with Gasteiger partial charge in [0.05, 0.1) is 0 Å². The van der Waals surface area contributed by atoms with E-state index in [1.165, 1.54) is 0 Å². The molecule has 0 saturated heterocycles. The van der Waals surface area contributed by atoms with E-state index in [1.807, 2.05) is 25.1 Å². The van der Waals surface area contributed by atoms with E-state index in [1.54, 1.807) is 0 Å². The number of aryl methyl sites for hydroxylation is 1. The molecule has 0 fully saturated rings. The van der Waals surface area contributed by atoms with Crippen LogP contribution in [0, 0.1) is 18.8 Å². The topological polar surface area (TPSA) is 55.1 Å². The Morgan fingerprint density at radius 3 is 2.63 bits per heavy atom. The Balaban J connectivity index is 2.56. The van der Waals surface area contributed by atoms with Gasteiger partial charge in [-0.2, -0.15) is 0 Å². The Hall–Kier alpha value is -0.870. The van der Waals surface area contributed by atoms with Gasteiger partial charge in [-0.3, -0.25) is 4.79 Å². The number of carbonyl (C=O) groups is 1. The second kappa shape index (κ2) is 7.65. The Bertz CT molecular complexity index is 432. The van der Waals surface area contributed by atoms with Crippen molar-refractivity contribution in [3.05, 3.63) is 28.2 Å². The lowest BCUT2D eigenvalue weighted by Gasteiger charge is -2.16. The normalized spacial score (nSPS) is 12.5. The number of nitrogens with two attached hydrogens (primary N) is 1. The van der Waals surface area contributed by atoms with E-state index in [0.717, 1.165) is 22.1 Å². The lowest BCUT2D eigenvalue weighted by molar-refractivity contribution is -0.117. The van der Waals surface area contributed by atoms with Crippen molar-refractivity contribution in [1.82, 2.24) is 0 Å². The van der Waals surface area contributed by atoms with Crippen LogP contribution in [0.2, 0.25) is 0 Å². The number of hydrogen-bond donors (Lipinski definition) is 2. The van der Waals surface area contributed by atoms with Crippen LogP contribution < -0.4 is 11.1 Å². The average molecular weight is 327 g/mol. The van der Waals surface area contributed by atoms with Crippen LogP contribution in [0.5, 0.6) is 0 Å². The smallest absolute Gasteiger partial charge is 0.224 e. The van der Waals surface area contributed by atoms with E-state index in [2.05, 4.69) is 35.1 Å². The summed E-state index contributed by atoms with van der Waals surface area (Å²) in [5.74, 6) is 0.857. The number of benzene rings is 1. The van der Waals surface area contributed by atoms with E-state index >= 15 is 0 Å². The molecule has 0 bridgehead atoms. The second-order valence-electron chi connectivity index (χ2n) is 5.45. The first-order valence-corrected chi connectivity index (χ1v) is 7.47. The Labute approximate surface area is 124 Å². The van der Waals surface area contributed by atoms with Crippen molar-refractivity contribution >= 4 is 27.5 Å². The minimum Gasteiger partial charge on any atom is -0.330 e. The second-order valence-corrected chi connectivity index (χ2v) is 6.30. The minimum absolute atomic E-state index is 0.0341. The van der Waals surface area contributed by atoms with E-state index < -0.39 is 0 Å². The number of carbonyl (C=O) groups excluding carboxylic acids is 1. The van der Waals surface area contributed by atoms with Gasteiger partial charge in [0.1, 0.15) is 0 Å². The lowest BCUT2D eigenvalue weighted by atomic mass is 9.94. The molecule has 1 amide bonds. The summed E-state index contributed by atoms with van der Waals surface area (Å²) in [6.07, 6.45) is 1.47. The van der Waals surface area contributed by atoms with Crippen molar-refractivity contribution in [3.8, 4) is 0 Å². The molecule has 1 aromatic carbocycles. The Kier molecular flexibility index (Phi) is 6.52. The molecule has 4 heteroatoms. The molecule has 1 atom stereocenters. The van der Waals surface area contributed by atoms with Gasteiger partial charge in [-0.05, 0) is 49.4 Å². The van der Waals surface area contributed by atoms with Crippen LogP contribution in [0.25, 0.3) is 0 Å². The zero-order valence-corrected chi connectivity index (χ0v) is 13.5. The van der Waals surface area contributed by atoms with Crippen LogP contribution in [0.3, 0.4) is 0 Å². The maximum atomic E-state index is 12.0. The van der Waals surface area contributed by atoms with Crippen molar-refractivity contribution < 1.29 is 4.79 Å². The van der Waals surface area contributed by atoms with Gasteiger partial charge in [-0.1, -0.05) is 35.8 Å². The predicted molar refractivity (Wildman–Crippen MR) is 84.1 cm³/mol.